The highest BCUT2D eigenvalue weighted by atomic mass is 32.2. The van der Waals surface area contributed by atoms with Gasteiger partial charge >= 0.3 is 0 Å². The average Bonchev–Trinajstić information content (AvgIpc) is 2.68. The number of sulfonamides is 1. The van der Waals surface area contributed by atoms with E-state index in [1.54, 1.807) is 0 Å². The van der Waals surface area contributed by atoms with Gasteiger partial charge in [0.25, 0.3) is 5.91 Å². The van der Waals surface area contributed by atoms with Crippen LogP contribution in [0, 0.1) is 25.5 Å². The van der Waals surface area contributed by atoms with E-state index in [9.17, 15) is 22.0 Å². The molecule has 1 aliphatic heterocycles. The summed E-state index contributed by atoms with van der Waals surface area (Å²) in [7, 11) is -4.32. The van der Waals surface area contributed by atoms with E-state index in [1.807, 2.05) is 32.0 Å². The summed E-state index contributed by atoms with van der Waals surface area (Å²) in [5, 5.41) is 0. The molecule has 0 spiro atoms. The van der Waals surface area contributed by atoms with Crippen LogP contribution in [0.2, 0.25) is 0 Å². The van der Waals surface area contributed by atoms with Gasteiger partial charge in [-0.05, 0) is 43.2 Å². The molecule has 3 rings (SSSR count). The minimum absolute atomic E-state index is 0.0503. The van der Waals surface area contributed by atoms with Crippen LogP contribution in [0.1, 0.15) is 11.1 Å². The van der Waals surface area contributed by atoms with E-state index in [2.05, 4.69) is 0 Å². The summed E-state index contributed by atoms with van der Waals surface area (Å²) in [6.45, 7) is 3.77. The molecule has 1 amide bonds. The van der Waals surface area contributed by atoms with E-state index in [0.29, 0.717) is 5.75 Å². The number of benzene rings is 2. The molecule has 0 radical (unpaired) electrons. The summed E-state index contributed by atoms with van der Waals surface area (Å²) >= 11 is 0. The Kier molecular flexibility index (Phi) is 6.18. The van der Waals surface area contributed by atoms with Gasteiger partial charge in [-0.25, -0.2) is 17.2 Å². The normalized spacial score (nSPS) is 15.4. The predicted molar refractivity (Wildman–Crippen MR) is 103 cm³/mol. The molecule has 29 heavy (non-hydrogen) atoms. The Morgan fingerprint density at radius 1 is 1.03 bits per heavy atom. The third-order valence-corrected chi connectivity index (χ3v) is 6.75. The zero-order chi connectivity index (χ0) is 21.2. The van der Waals surface area contributed by atoms with Crippen LogP contribution in [0.4, 0.5) is 8.78 Å². The molecule has 0 aliphatic carbocycles. The van der Waals surface area contributed by atoms with Gasteiger partial charge in [-0.3, -0.25) is 4.79 Å². The maximum atomic E-state index is 13.9. The number of aryl methyl sites for hydroxylation is 2. The largest absolute Gasteiger partial charge is 0.483 e. The highest BCUT2D eigenvalue weighted by Gasteiger charge is 2.34. The van der Waals surface area contributed by atoms with E-state index in [0.717, 1.165) is 33.6 Å². The first-order valence-corrected chi connectivity index (χ1v) is 10.6. The minimum atomic E-state index is -4.32. The fourth-order valence-corrected chi connectivity index (χ4v) is 4.66. The Morgan fingerprint density at radius 2 is 1.66 bits per heavy atom. The number of carbonyl (C=O) groups excluding carboxylic acids is 1. The van der Waals surface area contributed by atoms with Crippen molar-refractivity contribution in [1.29, 1.82) is 0 Å². The Bertz CT molecular complexity index is 999. The molecule has 6 nitrogen and oxygen atoms in total. The molecular formula is C20H22F2N2O4S. The summed E-state index contributed by atoms with van der Waals surface area (Å²) in [6, 6.07) is 8.61. The van der Waals surface area contributed by atoms with Gasteiger partial charge in [-0.1, -0.05) is 18.2 Å². The summed E-state index contributed by atoms with van der Waals surface area (Å²) in [5.74, 6) is -1.93. The Balaban J connectivity index is 1.61. The smallest absolute Gasteiger partial charge is 0.260 e. The van der Waals surface area contributed by atoms with E-state index >= 15 is 0 Å². The third kappa shape index (κ3) is 4.56. The number of halogens is 2. The van der Waals surface area contributed by atoms with Crippen molar-refractivity contribution in [3.8, 4) is 5.75 Å². The number of hydrogen-bond acceptors (Lipinski definition) is 4. The lowest BCUT2D eigenvalue weighted by Gasteiger charge is -2.34. The van der Waals surface area contributed by atoms with Crippen LogP contribution in [0.15, 0.2) is 41.3 Å². The van der Waals surface area contributed by atoms with E-state index in [-0.39, 0.29) is 38.7 Å². The summed E-state index contributed by atoms with van der Waals surface area (Å²) in [4.78, 5) is 12.9. The Morgan fingerprint density at radius 3 is 2.28 bits per heavy atom. The van der Waals surface area contributed by atoms with Gasteiger partial charge in [0.1, 0.15) is 17.4 Å². The van der Waals surface area contributed by atoms with Crippen LogP contribution in [0.25, 0.3) is 0 Å². The zero-order valence-corrected chi connectivity index (χ0v) is 17.0. The molecular weight excluding hydrogens is 402 g/mol. The number of piperazine rings is 1. The van der Waals surface area contributed by atoms with Crippen molar-refractivity contribution in [2.45, 2.75) is 18.7 Å². The van der Waals surface area contributed by atoms with E-state index in [4.69, 9.17) is 4.74 Å². The molecule has 9 heteroatoms. The number of carbonyl (C=O) groups is 1. The Hall–Kier alpha value is -2.52. The second-order valence-corrected chi connectivity index (χ2v) is 8.77. The second kappa shape index (κ2) is 8.46. The molecule has 0 N–H and O–H groups in total. The maximum absolute atomic E-state index is 13.9. The lowest BCUT2D eigenvalue weighted by atomic mass is 10.1. The molecule has 0 bridgehead atoms. The lowest BCUT2D eigenvalue weighted by Crippen LogP contribution is -2.51. The van der Waals surface area contributed by atoms with Gasteiger partial charge in [0.05, 0.1) is 0 Å². The number of nitrogens with zero attached hydrogens (tertiary/aromatic N) is 2. The van der Waals surface area contributed by atoms with Gasteiger partial charge in [-0.15, -0.1) is 0 Å². The summed E-state index contributed by atoms with van der Waals surface area (Å²) in [6.07, 6.45) is 0. The van der Waals surface area contributed by atoms with E-state index in [1.165, 1.54) is 4.90 Å². The van der Waals surface area contributed by atoms with Crippen molar-refractivity contribution in [2.24, 2.45) is 0 Å². The highest BCUT2D eigenvalue weighted by molar-refractivity contribution is 7.89. The molecule has 0 atom stereocenters. The van der Waals surface area contributed by atoms with Crippen molar-refractivity contribution >= 4 is 15.9 Å². The fraction of sp³-hybridized carbons (Fsp3) is 0.350. The molecule has 0 aromatic heterocycles. The van der Waals surface area contributed by atoms with Gasteiger partial charge in [-0.2, -0.15) is 4.31 Å². The van der Waals surface area contributed by atoms with Crippen molar-refractivity contribution < 1.29 is 26.7 Å². The lowest BCUT2D eigenvalue weighted by molar-refractivity contribution is -0.134. The SMILES string of the molecule is Cc1ccc(C)c(OCC(=O)N2CCN(S(=O)(=O)c3c(F)cccc3F)CC2)c1. The quantitative estimate of drug-likeness (QED) is 0.740. The number of ether oxygens (including phenoxy) is 1. The molecule has 0 saturated carbocycles. The van der Waals surface area contributed by atoms with Crippen LogP contribution >= 0.6 is 0 Å². The fourth-order valence-electron chi connectivity index (χ4n) is 3.13. The first-order valence-electron chi connectivity index (χ1n) is 9.12. The number of rotatable bonds is 5. The van der Waals surface area contributed by atoms with Crippen molar-refractivity contribution in [2.75, 3.05) is 32.8 Å². The van der Waals surface area contributed by atoms with Crippen molar-refractivity contribution in [3.05, 3.63) is 59.2 Å². The maximum Gasteiger partial charge on any atom is 0.260 e. The molecule has 1 aliphatic rings. The standard InChI is InChI=1S/C20H22F2N2O4S/c1-14-6-7-15(2)18(12-14)28-13-19(25)23-8-10-24(11-9-23)29(26,27)20-16(21)4-3-5-17(20)22/h3-7,12H,8-11,13H2,1-2H3. The predicted octanol–water partition coefficient (Wildman–Crippen LogP) is 2.49. The Labute approximate surface area is 168 Å². The first-order chi connectivity index (χ1) is 13.7. The van der Waals surface area contributed by atoms with Crippen molar-refractivity contribution in [3.63, 3.8) is 0 Å². The monoisotopic (exact) mass is 424 g/mol. The zero-order valence-electron chi connectivity index (χ0n) is 16.2. The number of amides is 1. The summed E-state index contributed by atoms with van der Waals surface area (Å²) < 4.78 is 59.6. The van der Waals surface area contributed by atoms with Crippen LogP contribution in [-0.2, 0) is 14.8 Å². The second-order valence-electron chi connectivity index (χ2n) is 6.89. The highest BCUT2D eigenvalue weighted by Crippen LogP contribution is 2.24. The minimum Gasteiger partial charge on any atom is -0.483 e. The number of hydrogen-bond donors (Lipinski definition) is 0. The van der Waals surface area contributed by atoms with Crippen LogP contribution < -0.4 is 4.74 Å². The van der Waals surface area contributed by atoms with E-state index < -0.39 is 26.6 Å². The summed E-state index contributed by atoms with van der Waals surface area (Å²) in [5.41, 5.74) is 1.92. The van der Waals surface area contributed by atoms with Gasteiger partial charge < -0.3 is 9.64 Å². The van der Waals surface area contributed by atoms with Gasteiger partial charge in [0, 0.05) is 26.2 Å². The van der Waals surface area contributed by atoms with Crippen LogP contribution in [-0.4, -0.2) is 56.3 Å². The first kappa shape index (κ1) is 21.2. The molecule has 156 valence electrons. The average molecular weight is 424 g/mol. The molecule has 1 heterocycles. The molecule has 0 unspecified atom stereocenters. The third-order valence-electron chi connectivity index (χ3n) is 4.80. The van der Waals surface area contributed by atoms with Crippen molar-refractivity contribution in [1.82, 2.24) is 9.21 Å². The molecule has 1 fully saturated rings. The molecule has 2 aromatic carbocycles. The van der Waals surface area contributed by atoms with Crippen LogP contribution in [0.5, 0.6) is 5.75 Å². The van der Waals surface area contributed by atoms with Crippen LogP contribution in [0.3, 0.4) is 0 Å². The molecule has 2 aromatic rings. The van der Waals surface area contributed by atoms with Gasteiger partial charge in [0.15, 0.2) is 11.5 Å². The van der Waals surface area contributed by atoms with Gasteiger partial charge in [0.2, 0.25) is 10.0 Å². The molecule has 1 saturated heterocycles. The topological polar surface area (TPSA) is 66.9 Å².